The number of carbonyl (C=O) groups excluding carboxylic acids is 1. The van der Waals surface area contributed by atoms with Gasteiger partial charge in [0.05, 0.1) is 4.90 Å². The van der Waals surface area contributed by atoms with Crippen LogP contribution in [0.3, 0.4) is 0 Å². The number of nitrogens with zero attached hydrogens (tertiary/aromatic N) is 2. The number of benzene rings is 1. The van der Waals surface area contributed by atoms with E-state index >= 15 is 0 Å². The molecule has 2 amide bonds. The summed E-state index contributed by atoms with van der Waals surface area (Å²) in [7, 11) is 0. The number of anilines is 2. The molecule has 1 heterocycles. The maximum absolute atomic E-state index is 12.3. The SMILES string of the molecule is Nc1ncc(SNC(=O)Nc2c3c(cc4c2CCC4)CCC3)cn1. The van der Waals surface area contributed by atoms with E-state index in [2.05, 4.69) is 26.1 Å². The molecule has 0 unspecified atom stereocenters. The van der Waals surface area contributed by atoms with Crippen molar-refractivity contribution in [1.29, 1.82) is 0 Å². The highest BCUT2D eigenvalue weighted by atomic mass is 32.2. The predicted octanol–water partition coefficient (Wildman–Crippen LogP) is 2.87. The van der Waals surface area contributed by atoms with Crippen molar-refractivity contribution < 1.29 is 4.79 Å². The first-order valence-corrected chi connectivity index (χ1v) is 9.00. The van der Waals surface area contributed by atoms with Crippen LogP contribution in [0, 0.1) is 0 Å². The zero-order valence-corrected chi connectivity index (χ0v) is 14.1. The topological polar surface area (TPSA) is 92.9 Å². The fraction of sp³-hybridized carbons (Fsp3) is 0.353. The molecule has 0 atom stereocenters. The van der Waals surface area contributed by atoms with E-state index in [0.717, 1.165) is 36.3 Å². The Bertz CT molecular complexity index is 758. The average Bonchev–Trinajstić information content (AvgIpc) is 3.23. The summed E-state index contributed by atoms with van der Waals surface area (Å²) in [6, 6.07) is 2.14. The molecular formula is C17H19N5OS. The van der Waals surface area contributed by atoms with Gasteiger partial charge >= 0.3 is 6.03 Å². The van der Waals surface area contributed by atoms with E-state index in [1.165, 1.54) is 47.0 Å². The molecule has 0 spiro atoms. The summed E-state index contributed by atoms with van der Waals surface area (Å²) >= 11 is 1.18. The van der Waals surface area contributed by atoms with E-state index in [9.17, 15) is 4.79 Å². The molecule has 1 aromatic heterocycles. The predicted molar refractivity (Wildman–Crippen MR) is 94.9 cm³/mol. The van der Waals surface area contributed by atoms with Gasteiger partial charge in [-0.05, 0) is 72.7 Å². The third-order valence-corrected chi connectivity index (χ3v) is 5.36. The number of amides is 2. The maximum Gasteiger partial charge on any atom is 0.329 e. The molecule has 0 bridgehead atoms. The second kappa shape index (κ2) is 6.32. The molecule has 4 rings (SSSR count). The van der Waals surface area contributed by atoms with E-state index in [0.29, 0.717) is 0 Å². The van der Waals surface area contributed by atoms with E-state index in [1.807, 2.05) is 0 Å². The quantitative estimate of drug-likeness (QED) is 0.747. The molecule has 0 fully saturated rings. The van der Waals surface area contributed by atoms with Crippen LogP contribution in [-0.4, -0.2) is 16.0 Å². The molecule has 6 nitrogen and oxygen atoms in total. The van der Waals surface area contributed by atoms with Crippen molar-refractivity contribution in [3.8, 4) is 0 Å². The molecule has 124 valence electrons. The molecule has 0 radical (unpaired) electrons. The number of fused-ring (bicyclic) bond motifs is 2. The maximum atomic E-state index is 12.3. The Balaban J connectivity index is 1.49. The van der Waals surface area contributed by atoms with Gasteiger partial charge in [-0.25, -0.2) is 14.8 Å². The summed E-state index contributed by atoms with van der Waals surface area (Å²) in [4.78, 5) is 20.9. The zero-order chi connectivity index (χ0) is 16.5. The van der Waals surface area contributed by atoms with Gasteiger partial charge in [0, 0.05) is 18.1 Å². The fourth-order valence-electron chi connectivity index (χ4n) is 3.59. The molecule has 4 N–H and O–H groups in total. The summed E-state index contributed by atoms with van der Waals surface area (Å²) in [5, 5.41) is 3.09. The van der Waals surface area contributed by atoms with Gasteiger partial charge in [-0.1, -0.05) is 6.07 Å². The van der Waals surface area contributed by atoms with Crippen LogP contribution < -0.4 is 15.8 Å². The third kappa shape index (κ3) is 2.91. The lowest BCUT2D eigenvalue weighted by atomic mass is 9.99. The highest BCUT2D eigenvalue weighted by Gasteiger charge is 2.24. The first kappa shape index (κ1) is 15.3. The Kier molecular flexibility index (Phi) is 4.02. The van der Waals surface area contributed by atoms with Crippen LogP contribution in [0.5, 0.6) is 0 Å². The lowest BCUT2D eigenvalue weighted by Gasteiger charge is -2.16. The summed E-state index contributed by atoms with van der Waals surface area (Å²) in [5.41, 5.74) is 12.0. The van der Waals surface area contributed by atoms with Crippen LogP contribution in [0.4, 0.5) is 16.4 Å². The van der Waals surface area contributed by atoms with Crippen LogP contribution in [-0.2, 0) is 25.7 Å². The summed E-state index contributed by atoms with van der Waals surface area (Å²) < 4.78 is 2.80. The van der Waals surface area contributed by atoms with Crippen molar-refractivity contribution in [1.82, 2.24) is 14.7 Å². The van der Waals surface area contributed by atoms with Crippen molar-refractivity contribution in [2.75, 3.05) is 11.1 Å². The van der Waals surface area contributed by atoms with Crippen LogP contribution in [0.2, 0.25) is 0 Å². The van der Waals surface area contributed by atoms with Crippen LogP contribution in [0.1, 0.15) is 35.1 Å². The minimum absolute atomic E-state index is 0.216. The van der Waals surface area contributed by atoms with E-state index in [1.54, 1.807) is 12.4 Å². The Hall–Kier alpha value is -2.28. The van der Waals surface area contributed by atoms with Crippen LogP contribution in [0.15, 0.2) is 23.4 Å². The lowest BCUT2D eigenvalue weighted by Crippen LogP contribution is -2.24. The number of nitrogens with two attached hydrogens (primary N) is 1. The molecule has 2 aliphatic carbocycles. The number of rotatable bonds is 3. The molecule has 0 saturated carbocycles. The summed E-state index contributed by atoms with van der Waals surface area (Å²) in [6.45, 7) is 0. The fourth-order valence-corrected chi connectivity index (χ4v) is 4.06. The number of urea groups is 1. The highest BCUT2D eigenvalue weighted by Crippen LogP contribution is 2.38. The van der Waals surface area contributed by atoms with Gasteiger partial charge in [0.2, 0.25) is 5.95 Å². The van der Waals surface area contributed by atoms with Gasteiger partial charge in [-0.2, -0.15) is 0 Å². The normalized spacial score (nSPS) is 15.0. The van der Waals surface area contributed by atoms with Crippen molar-refractivity contribution in [3.05, 3.63) is 40.7 Å². The second-order valence-electron chi connectivity index (χ2n) is 6.17. The van der Waals surface area contributed by atoms with Gasteiger partial charge in [0.1, 0.15) is 0 Å². The third-order valence-electron chi connectivity index (χ3n) is 4.62. The van der Waals surface area contributed by atoms with Crippen LogP contribution in [0.25, 0.3) is 0 Å². The molecule has 1 aromatic carbocycles. The van der Waals surface area contributed by atoms with Gasteiger partial charge < -0.3 is 11.1 Å². The molecule has 7 heteroatoms. The molecule has 2 aromatic rings. The Morgan fingerprint density at radius 1 is 1.04 bits per heavy atom. The Morgan fingerprint density at radius 2 is 1.67 bits per heavy atom. The molecule has 0 aliphatic heterocycles. The number of nitrogens with one attached hydrogen (secondary N) is 2. The van der Waals surface area contributed by atoms with E-state index in [4.69, 9.17) is 5.73 Å². The number of aromatic nitrogens is 2. The van der Waals surface area contributed by atoms with Gasteiger partial charge in [-0.3, -0.25) is 4.72 Å². The number of aryl methyl sites for hydroxylation is 2. The van der Waals surface area contributed by atoms with Crippen molar-refractivity contribution >= 4 is 29.6 Å². The monoisotopic (exact) mass is 341 g/mol. The average molecular weight is 341 g/mol. The van der Waals surface area contributed by atoms with Gasteiger partial charge in [0.15, 0.2) is 0 Å². The largest absolute Gasteiger partial charge is 0.368 e. The van der Waals surface area contributed by atoms with Crippen molar-refractivity contribution in [3.63, 3.8) is 0 Å². The first-order valence-electron chi connectivity index (χ1n) is 8.18. The minimum Gasteiger partial charge on any atom is -0.368 e. The standard InChI is InChI=1S/C17H19N5OS/c18-16-19-8-12(9-20-16)24-22-17(23)21-15-13-5-1-3-10(13)7-11-4-2-6-14(11)15/h7-9H,1-6H2,(H2,18,19,20)(H2,21,22,23). The molecule has 2 aliphatic rings. The van der Waals surface area contributed by atoms with Crippen molar-refractivity contribution in [2.24, 2.45) is 0 Å². The van der Waals surface area contributed by atoms with Gasteiger partial charge in [0.25, 0.3) is 0 Å². The number of hydrogen-bond donors (Lipinski definition) is 3. The van der Waals surface area contributed by atoms with Gasteiger partial charge in [-0.15, -0.1) is 0 Å². The number of hydrogen-bond acceptors (Lipinski definition) is 5. The highest BCUT2D eigenvalue weighted by molar-refractivity contribution is 7.98. The number of nitrogen functional groups attached to an aromatic ring is 1. The zero-order valence-electron chi connectivity index (χ0n) is 13.3. The first-order chi connectivity index (χ1) is 11.7. The molecule has 0 saturated heterocycles. The van der Waals surface area contributed by atoms with E-state index < -0.39 is 0 Å². The summed E-state index contributed by atoms with van der Waals surface area (Å²) in [6.07, 6.45) is 9.87. The Labute approximate surface area is 144 Å². The molecule has 24 heavy (non-hydrogen) atoms. The van der Waals surface area contributed by atoms with Crippen LogP contribution >= 0.6 is 11.9 Å². The lowest BCUT2D eigenvalue weighted by molar-refractivity contribution is 0.257. The van der Waals surface area contributed by atoms with Crippen molar-refractivity contribution in [2.45, 2.75) is 43.4 Å². The number of carbonyl (C=O) groups is 1. The Morgan fingerprint density at radius 3 is 2.29 bits per heavy atom. The molecular weight excluding hydrogens is 322 g/mol. The minimum atomic E-state index is -0.216. The van der Waals surface area contributed by atoms with E-state index in [-0.39, 0.29) is 12.0 Å². The smallest absolute Gasteiger partial charge is 0.329 e. The summed E-state index contributed by atoms with van der Waals surface area (Å²) in [5.74, 6) is 0.221. The second-order valence-corrected chi connectivity index (χ2v) is 7.05.